The minimum Gasteiger partial charge on any atom is -0.481 e. The summed E-state index contributed by atoms with van der Waals surface area (Å²) in [6.45, 7) is 1.39. The normalized spacial score (nSPS) is 21.5. The lowest BCUT2D eigenvalue weighted by molar-refractivity contribution is -0.141. The first-order valence-corrected chi connectivity index (χ1v) is 7.49. The van der Waals surface area contributed by atoms with E-state index < -0.39 is 11.9 Å². The van der Waals surface area contributed by atoms with E-state index in [1.165, 1.54) is 0 Å². The molecule has 6 nitrogen and oxygen atoms in total. The molecule has 3 rings (SSSR count). The van der Waals surface area contributed by atoms with E-state index in [9.17, 15) is 14.4 Å². The largest absolute Gasteiger partial charge is 0.481 e. The Morgan fingerprint density at radius 1 is 1.23 bits per heavy atom. The van der Waals surface area contributed by atoms with Gasteiger partial charge < -0.3 is 14.9 Å². The average Bonchev–Trinajstić information content (AvgIpc) is 3.15. The molecule has 1 unspecified atom stereocenters. The number of carbonyl (C=O) groups excluding carboxylic acids is 2. The van der Waals surface area contributed by atoms with E-state index in [4.69, 9.17) is 5.11 Å². The Bertz CT molecular complexity index is 628. The predicted octanol–water partition coefficient (Wildman–Crippen LogP) is 1.36. The van der Waals surface area contributed by atoms with E-state index in [1.807, 2.05) is 6.07 Å². The van der Waals surface area contributed by atoms with Crippen LogP contribution in [0, 0.1) is 5.92 Å². The van der Waals surface area contributed by atoms with Crippen molar-refractivity contribution in [1.29, 1.82) is 0 Å². The van der Waals surface area contributed by atoms with E-state index in [2.05, 4.69) is 0 Å². The highest BCUT2D eigenvalue weighted by molar-refractivity contribution is 5.99. The van der Waals surface area contributed by atoms with Gasteiger partial charge in [-0.15, -0.1) is 0 Å². The van der Waals surface area contributed by atoms with Crippen LogP contribution in [-0.2, 0) is 9.59 Å². The van der Waals surface area contributed by atoms with Crippen molar-refractivity contribution in [3.63, 3.8) is 0 Å². The summed E-state index contributed by atoms with van der Waals surface area (Å²) in [7, 11) is 0. The van der Waals surface area contributed by atoms with Crippen molar-refractivity contribution in [3.05, 3.63) is 29.8 Å². The summed E-state index contributed by atoms with van der Waals surface area (Å²) in [5.74, 6) is -1.42. The lowest BCUT2D eigenvalue weighted by Gasteiger charge is -2.19. The van der Waals surface area contributed by atoms with Crippen LogP contribution in [0.15, 0.2) is 24.3 Å². The van der Waals surface area contributed by atoms with E-state index in [1.54, 1.807) is 28.0 Å². The summed E-state index contributed by atoms with van der Waals surface area (Å²) >= 11 is 0. The molecule has 0 aliphatic carbocycles. The molecule has 22 heavy (non-hydrogen) atoms. The van der Waals surface area contributed by atoms with Gasteiger partial charge in [0.25, 0.3) is 5.91 Å². The van der Waals surface area contributed by atoms with E-state index in [-0.39, 0.29) is 18.4 Å². The Labute approximate surface area is 128 Å². The van der Waals surface area contributed by atoms with Crippen LogP contribution in [0.2, 0.25) is 0 Å². The van der Waals surface area contributed by atoms with Crippen molar-refractivity contribution >= 4 is 23.5 Å². The number of hydrogen-bond donors (Lipinski definition) is 1. The van der Waals surface area contributed by atoms with Gasteiger partial charge in [0.1, 0.15) is 0 Å². The fourth-order valence-electron chi connectivity index (χ4n) is 3.06. The standard InChI is InChI=1S/C16H18N2O4/c19-14-5-2-7-18(14)13-4-1-3-11(9-13)15(20)17-8-6-12(10-17)16(21)22/h1,3-4,9,12H,2,5-8,10H2,(H,21,22). The molecule has 2 amide bonds. The first kappa shape index (κ1) is 14.6. The molecular weight excluding hydrogens is 284 g/mol. The Balaban J connectivity index is 1.76. The molecule has 0 radical (unpaired) electrons. The number of hydrogen-bond acceptors (Lipinski definition) is 3. The van der Waals surface area contributed by atoms with Crippen LogP contribution in [0.1, 0.15) is 29.6 Å². The van der Waals surface area contributed by atoms with Crippen LogP contribution >= 0.6 is 0 Å². The summed E-state index contributed by atoms with van der Waals surface area (Å²) in [5.41, 5.74) is 1.24. The summed E-state index contributed by atoms with van der Waals surface area (Å²) < 4.78 is 0. The Hall–Kier alpha value is -2.37. The lowest BCUT2D eigenvalue weighted by atomic mass is 10.1. The van der Waals surface area contributed by atoms with Crippen molar-refractivity contribution in [2.75, 3.05) is 24.5 Å². The zero-order chi connectivity index (χ0) is 15.7. The monoisotopic (exact) mass is 302 g/mol. The maximum Gasteiger partial charge on any atom is 0.308 e. The number of carboxylic acids is 1. The molecule has 1 atom stereocenters. The maximum atomic E-state index is 12.5. The Morgan fingerprint density at radius 3 is 2.68 bits per heavy atom. The Kier molecular flexibility index (Phi) is 3.83. The zero-order valence-corrected chi connectivity index (χ0v) is 12.2. The molecule has 2 aliphatic heterocycles. The van der Waals surface area contributed by atoms with Crippen LogP contribution in [0.3, 0.4) is 0 Å². The highest BCUT2D eigenvalue weighted by Gasteiger charge is 2.31. The fraction of sp³-hybridized carbons (Fsp3) is 0.438. The van der Waals surface area contributed by atoms with Gasteiger partial charge in [0, 0.05) is 37.3 Å². The molecule has 1 aromatic carbocycles. The number of carbonyl (C=O) groups is 3. The van der Waals surface area contributed by atoms with E-state index in [0.29, 0.717) is 31.5 Å². The summed E-state index contributed by atoms with van der Waals surface area (Å²) in [6, 6.07) is 7.02. The predicted molar refractivity (Wildman–Crippen MR) is 79.7 cm³/mol. The number of anilines is 1. The quantitative estimate of drug-likeness (QED) is 0.914. The summed E-state index contributed by atoms with van der Waals surface area (Å²) in [5, 5.41) is 9.02. The smallest absolute Gasteiger partial charge is 0.308 e. The number of nitrogens with zero attached hydrogens (tertiary/aromatic N) is 2. The minimum atomic E-state index is -0.855. The van der Waals surface area contributed by atoms with Crippen LogP contribution in [-0.4, -0.2) is 47.4 Å². The number of aliphatic carboxylic acids is 1. The SMILES string of the molecule is O=C(O)C1CCN(C(=O)c2cccc(N3CCCC3=O)c2)C1. The van der Waals surface area contributed by atoms with Crippen molar-refractivity contribution in [2.45, 2.75) is 19.3 Å². The maximum absolute atomic E-state index is 12.5. The van der Waals surface area contributed by atoms with Crippen molar-refractivity contribution in [3.8, 4) is 0 Å². The molecule has 2 fully saturated rings. The zero-order valence-electron chi connectivity index (χ0n) is 12.2. The van der Waals surface area contributed by atoms with Crippen LogP contribution in [0.25, 0.3) is 0 Å². The van der Waals surface area contributed by atoms with E-state index >= 15 is 0 Å². The molecule has 116 valence electrons. The van der Waals surface area contributed by atoms with Gasteiger partial charge in [-0.05, 0) is 31.0 Å². The van der Waals surface area contributed by atoms with Gasteiger partial charge >= 0.3 is 5.97 Å². The third-order valence-electron chi connectivity index (χ3n) is 4.30. The first-order chi connectivity index (χ1) is 10.6. The van der Waals surface area contributed by atoms with Gasteiger partial charge in [-0.1, -0.05) is 6.07 Å². The van der Waals surface area contributed by atoms with Crippen molar-refractivity contribution in [2.24, 2.45) is 5.92 Å². The molecule has 6 heteroatoms. The number of likely N-dealkylation sites (tertiary alicyclic amines) is 1. The minimum absolute atomic E-state index is 0.0803. The number of benzene rings is 1. The van der Waals surface area contributed by atoms with Gasteiger partial charge in [0.05, 0.1) is 5.92 Å². The lowest BCUT2D eigenvalue weighted by Crippen LogP contribution is -2.30. The summed E-state index contributed by atoms with van der Waals surface area (Å²) in [6.07, 6.45) is 1.87. The van der Waals surface area contributed by atoms with Crippen molar-refractivity contribution in [1.82, 2.24) is 4.90 Å². The highest BCUT2D eigenvalue weighted by Crippen LogP contribution is 2.24. The highest BCUT2D eigenvalue weighted by atomic mass is 16.4. The molecule has 1 aromatic rings. The molecule has 2 aliphatic rings. The number of amides is 2. The molecule has 2 saturated heterocycles. The van der Waals surface area contributed by atoms with Gasteiger partial charge in [-0.25, -0.2) is 0 Å². The van der Waals surface area contributed by atoms with Crippen LogP contribution in [0.5, 0.6) is 0 Å². The third-order valence-corrected chi connectivity index (χ3v) is 4.30. The molecule has 0 bridgehead atoms. The molecule has 0 saturated carbocycles. The second kappa shape index (κ2) is 5.79. The number of rotatable bonds is 3. The topological polar surface area (TPSA) is 77.9 Å². The third kappa shape index (κ3) is 2.68. The molecule has 0 aromatic heterocycles. The van der Waals surface area contributed by atoms with Gasteiger partial charge in [-0.2, -0.15) is 0 Å². The fourth-order valence-corrected chi connectivity index (χ4v) is 3.06. The average molecular weight is 302 g/mol. The Morgan fingerprint density at radius 2 is 2.05 bits per heavy atom. The van der Waals surface area contributed by atoms with E-state index in [0.717, 1.165) is 12.1 Å². The molecule has 0 spiro atoms. The number of carboxylic acid groups (broad SMARTS) is 1. The van der Waals surface area contributed by atoms with Gasteiger partial charge in [0.2, 0.25) is 5.91 Å². The van der Waals surface area contributed by atoms with Crippen LogP contribution < -0.4 is 4.90 Å². The second-order valence-electron chi connectivity index (χ2n) is 5.77. The van der Waals surface area contributed by atoms with Gasteiger partial charge in [-0.3, -0.25) is 14.4 Å². The molecule has 2 heterocycles. The van der Waals surface area contributed by atoms with Crippen molar-refractivity contribution < 1.29 is 19.5 Å². The second-order valence-corrected chi connectivity index (χ2v) is 5.77. The molecule has 1 N–H and O–H groups in total. The van der Waals surface area contributed by atoms with Crippen LogP contribution in [0.4, 0.5) is 5.69 Å². The molecular formula is C16H18N2O4. The van der Waals surface area contributed by atoms with Gasteiger partial charge in [0.15, 0.2) is 0 Å². The first-order valence-electron chi connectivity index (χ1n) is 7.49. The summed E-state index contributed by atoms with van der Waals surface area (Å²) in [4.78, 5) is 38.5.